The minimum atomic E-state index is -3.40. The summed E-state index contributed by atoms with van der Waals surface area (Å²) in [6.45, 7) is 0.311. The molecule has 3 N–H and O–H groups in total. The molecule has 3 nitrogen and oxygen atoms in total. The van der Waals surface area contributed by atoms with Crippen LogP contribution in [0.2, 0.25) is 5.02 Å². The Labute approximate surface area is 115 Å². The molecule has 0 aliphatic heterocycles. The van der Waals surface area contributed by atoms with Gasteiger partial charge in [0.2, 0.25) is 0 Å². The van der Waals surface area contributed by atoms with Gasteiger partial charge in [0.1, 0.15) is 5.25 Å². The number of thiophene rings is 1. The normalized spacial score (nSPS) is 13.4. The molecule has 1 aromatic carbocycles. The van der Waals surface area contributed by atoms with Crippen LogP contribution in [0.4, 0.5) is 0 Å². The first-order chi connectivity index (χ1) is 8.55. The summed E-state index contributed by atoms with van der Waals surface area (Å²) in [7, 11) is -3.40. The van der Waals surface area contributed by atoms with Gasteiger partial charge in [0, 0.05) is 9.90 Å². The molecular weight excluding hydrogens is 290 g/mol. The van der Waals surface area contributed by atoms with E-state index in [0.29, 0.717) is 11.6 Å². The van der Waals surface area contributed by atoms with Crippen molar-refractivity contribution in [1.82, 2.24) is 0 Å². The molecule has 0 bridgehead atoms. The minimum absolute atomic E-state index is 0.286. The molecule has 0 aliphatic rings. The standard InChI is InChI=1S/C12H12ClNO2S2/c13-9-3-5-10(6-4-9)18(15,16)12(8-14)11-2-1-7-17-11/h1-7,12H,8,14H2/p+1/t12-/m1/s1. The summed E-state index contributed by atoms with van der Waals surface area (Å²) >= 11 is 7.20. The van der Waals surface area contributed by atoms with Crippen molar-refractivity contribution >= 4 is 32.8 Å². The first kappa shape index (κ1) is 13.5. The summed E-state index contributed by atoms with van der Waals surface area (Å²) in [6, 6.07) is 9.92. The summed E-state index contributed by atoms with van der Waals surface area (Å²) in [4.78, 5) is 1.11. The third kappa shape index (κ3) is 2.59. The molecule has 1 atom stereocenters. The fourth-order valence-electron chi connectivity index (χ4n) is 1.71. The van der Waals surface area contributed by atoms with Crippen LogP contribution in [-0.2, 0) is 9.84 Å². The van der Waals surface area contributed by atoms with Crippen molar-refractivity contribution in [3.05, 3.63) is 51.7 Å². The van der Waals surface area contributed by atoms with Crippen LogP contribution >= 0.6 is 22.9 Å². The zero-order chi connectivity index (χ0) is 13.2. The lowest BCUT2D eigenvalue weighted by Gasteiger charge is -2.12. The van der Waals surface area contributed by atoms with Crippen molar-refractivity contribution in [2.75, 3.05) is 6.54 Å². The number of rotatable bonds is 4. The molecule has 0 unspecified atom stereocenters. The number of halogens is 1. The van der Waals surface area contributed by atoms with Gasteiger partial charge in [0.25, 0.3) is 0 Å². The van der Waals surface area contributed by atoms with Gasteiger partial charge in [-0.15, -0.1) is 11.3 Å². The third-order valence-electron chi connectivity index (χ3n) is 2.64. The predicted molar refractivity (Wildman–Crippen MR) is 73.5 cm³/mol. The van der Waals surface area contributed by atoms with Crippen LogP contribution in [0.3, 0.4) is 0 Å². The molecule has 2 aromatic rings. The van der Waals surface area contributed by atoms with Crippen molar-refractivity contribution in [3.63, 3.8) is 0 Å². The number of hydrogen-bond donors (Lipinski definition) is 1. The molecule has 6 heteroatoms. The van der Waals surface area contributed by atoms with Crippen LogP contribution in [0.1, 0.15) is 10.1 Å². The molecule has 0 amide bonds. The van der Waals surface area contributed by atoms with Crippen molar-refractivity contribution in [2.45, 2.75) is 10.1 Å². The molecule has 0 spiro atoms. The number of hydrogen-bond acceptors (Lipinski definition) is 3. The maximum atomic E-state index is 12.5. The van der Waals surface area contributed by atoms with Gasteiger partial charge in [-0.05, 0) is 35.7 Å². The van der Waals surface area contributed by atoms with Gasteiger partial charge in [0.05, 0.1) is 11.4 Å². The first-order valence-corrected chi connectivity index (χ1v) is 8.18. The van der Waals surface area contributed by atoms with Crippen LogP contribution in [0.15, 0.2) is 46.7 Å². The van der Waals surface area contributed by atoms with Crippen LogP contribution in [-0.4, -0.2) is 15.0 Å². The van der Waals surface area contributed by atoms with E-state index in [1.165, 1.54) is 23.5 Å². The topological polar surface area (TPSA) is 61.8 Å². The van der Waals surface area contributed by atoms with E-state index >= 15 is 0 Å². The van der Waals surface area contributed by atoms with E-state index in [4.69, 9.17) is 11.6 Å². The quantitative estimate of drug-likeness (QED) is 0.941. The summed E-state index contributed by atoms with van der Waals surface area (Å²) < 4.78 is 25.0. The SMILES string of the molecule is [NH3+]C[C@H](c1cccs1)S(=O)(=O)c1ccc(Cl)cc1. The Morgan fingerprint density at radius 3 is 2.39 bits per heavy atom. The zero-order valence-corrected chi connectivity index (χ0v) is 11.9. The third-order valence-corrected chi connectivity index (χ3v) is 6.19. The summed E-state index contributed by atoms with van der Waals surface area (Å²) in [5.74, 6) is 0. The monoisotopic (exact) mass is 302 g/mol. The Bertz CT molecular complexity index is 606. The molecule has 0 saturated heterocycles. The smallest absolute Gasteiger partial charge is 0.191 e. The second-order valence-electron chi connectivity index (χ2n) is 3.79. The van der Waals surface area contributed by atoms with E-state index < -0.39 is 15.1 Å². The highest BCUT2D eigenvalue weighted by Crippen LogP contribution is 2.30. The maximum absolute atomic E-state index is 12.5. The largest absolute Gasteiger partial charge is 0.356 e. The average molecular weight is 303 g/mol. The molecule has 0 fully saturated rings. The first-order valence-electron chi connectivity index (χ1n) is 5.38. The van der Waals surface area contributed by atoms with Crippen molar-refractivity contribution in [3.8, 4) is 0 Å². The lowest BCUT2D eigenvalue weighted by molar-refractivity contribution is -0.367. The van der Waals surface area contributed by atoms with Gasteiger partial charge >= 0.3 is 0 Å². The summed E-state index contributed by atoms with van der Waals surface area (Å²) in [5.41, 5.74) is 3.75. The maximum Gasteiger partial charge on any atom is 0.191 e. The van der Waals surface area contributed by atoms with Gasteiger partial charge in [-0.25, -0.2) is 8.42 Å². The Morgan fingerprint density at radius 2 is 1.89 bits per heavy atom. The lowest BCUT2D eigenvalue weighted by Crippen LogP contribution is -2.54. The van der Waals surface area contributed by atoms with Gasteiger partial charge in [-0.2, -0.15) is 0 Å². The van der Waals surface area contributed by atoms with E-state index in [-0.39, 0.29) is 4.90 Å². The fourth-order valence-corrected chi connectivity index (χ4v) is 4.67. The van der Waals surface area contributed by atoms with Crippen molar-refractivity contribution in [2.24, 2.45) is 0 Å². The second-order valence-corrected chi connectivity index (χ2v) is 7.34. The molecule has 2 rings (SSSR count). The van der Waals surface area contributed by atoms with Crippen molar-refractivity contribution < 1.29 is 14.2 Å². The van der Waals surface area contributed by atoms with Crippen molar-refractivity contribution in [1.29, 1.82) is 0 Å². The lowest BCUT2D eigenvalue weighted by atomic mass is 10.3. The highest BCUT2D eigenvalue weighted by Gasteiger charge is 2.30. The van der Waals surface area contributed by atoms with Gasteiger partial charge in [0.15, 0.2) is 9.84 Å². The molecular formula is C12H13ClNO2S2+. The minimum Gasteiger partial charge on any atom is -0.356 e. The molecule has 1 heterocycles. The van der Waals surface area contributed by atoms with E-state index in [1.54, 1.807) is 12.1 Å². The molecule has 0 saturated carbocycles. The number of benzene rings is 1. The molecule has 0 aliphatic carbocycles. The van der Waals surface area contributed by atoms with E-state index in [2.05, 4.69) is 5.73 Å². The summed E-state index contributed by atoms with van der Waals surface area (Å²) in [6.07, 6.45) is 0. The van der Waals surface area contributed by atoms with Gasteiger partial charge in [-0.3, -0.25) is 0 Å². The van der Waals surface area contributed by atoms with E-state index in [1.807, 2.05) is 17.5 Å². The Hall–Kier alpha value is -0.880. The van der Waals surface area contributed by atoms with E-state index in [0.717, 1.165) is 4.88 Å². The highest BCUT2D eigenvalue weighted by molar-refractivity contribution is 7.91. The van der Waals surface area contributed by atoms with Crippen LogP contribution in [0.25, 0.3) is 0 Å². The van der Waals surface area contributed by atoms with Crippen LogP contribution < -0.4 is 5.73 Å². The second kappa shape index (κ2) is 5.40. The Balaban J connectivity index is 2.44. The Kier molecular flexibility index (Phi) is 4.07. The van der Waals surface area contributed by atoms with E-state index in [9.17, 15) is 8.42 Å². The predicted octanol–water partition coefficient (Wildman–Crippen LogP) is 2.16. The van der Waals surface area contributed by atoms with Gasteiger partial charge in [-0.1, -0.05) is 17.7 Å². The van der Waals surface area contributed by atoms with Crippen LogP contribution in [0, 0.1) is 0 Å². The van der Waals surface area contributed by atoms with Crippen LogP contribution in [0.5, 0.6) is 0 Å². The molecule has 0 radical (unpaired) electrons. The Morgan fingerprint density at radius 1 is 1.22 bits per heavy atom. The summed E-state index contributed by atoms with van der Waals surface area (Å²) in [5, 5.41) is 1.81. The van der Waals surface area contributed by atoms with Gasteiger partial charge < -0.3 is 5.73 Å². The zero-order valence-electron chi connectivity index (χ0n) is 9.54. The average Bonchev–Trinajstić information content (AvgIpc) is 2.84. The number of sulfone groups is 1. The number of quaternary nitrogens is 1. The molecule has 18 heavy (non-hydrogen) atoms. The molecule has 1 aromatic heterocycles. The highest BCUT2D eigenvalue weighted by atomic mass is 35.5. The molecule has 96 valence electrons. The fraction of sp³-hybridized carbons (Fsp3) is 0.167.